The Kier molecular flexibility index (Phi) is 4.55. The summed E-state index contributed by atoms with van der Waals surface area (Å²) in [6.45, 7) is 0.824. The Hall–Kier alpha value is -0.940. The lowest BCUT2D eigenvalue weighted by Crippen LogP contribution is -2.09. The maximum atomic E-state index is 5.56. The maximum absolute atomic E-state index is 5.56. The number of hydrogen-bond donors (Lipinski definition) is 1. The predicted octanol–water partition coefficient (Wildman–Crippen LogP) is 1.48. The van der Waals surface area contributed by atoms with Gasteiger partial charge in [0.05, 0.1) is 18.6 Å². The van der Waals surface area contributed by atoms with Crippen molar-refractivity contribution in [2.45, 2.75) is 12.3 Å². The van der Waals surface area contributed by atoms with Crippen LogP contribution in [0.2, 0.25) is 0 Å². The average molecular weight is 213 g/mol. The fourth-order valence-electron chi connectivity index (χ4n) is 1.04. The van der Waals surface area contributed by atoms with E-state index in [1.807, 2.05) is 26.2 Å². The minimum atomic E-state index is 0.723. The molecule has 0 fully saturated rings. The molecule has 0 spiro atoms. The van der Waals surface area contributed by atoms with E-state index in [1.165, 1.54) is 18.3 Å². The highest BCUT2D eigenvalue weighted by Crippen LogP contribution is 2.16. The van der Waals surface area contributed by atoms with Crippen LogP contribution in [0.1, 0.15) is 11.5 Å². The van der Waals surface area contributed by atoms with Crippen LogP contribution in [0.25, 0.3) is 0 Å². The van der Waals surface area contributed by atoms with Crippen LogP contribution in [0.15, 0.2) is 20.9 Å². The molecule has 0 saturated carbocycles. The minimum Gasteiger partial charge on any atom is -0.464 e. The van der Waals surface area contributed by atoms with Crippen molar-refractivity contribution in [3.63, 3.8) is 0 Å². The summed E-state index contributed by atoms with van der Waals surface area (Å²) in [6.07, 6.45) is 1.29. The Morgan fingerprint density at radius 2 is 2.21 bits per heavy atom. The first-order chi connectivity index (χ1) is 6.72. The monoisotopic (exact) mass is 213 g/mol. The van der Waals surface area contributed by atoms with Crippen molar-refractivity contribution in [3.8, 4) is 0 Å². The topological polar surface area (TPSA) is 54.8 Å². The molecule has 4 nitrogen and oxygen atoms in total. The summed E-state index contributed by atoms with van der Waals surface area (Å²) < 4.78 is 9.40. The quantitative estimate of drug-likeness (QED) is 0.457. The molecule has 0 aromatic carbocycles. The van der Waals surface area contributed by atoms with Crippen molar-refractivity contribution in [3.05, 3.63) is 23.7 Å². The lowest BCUT2D eigenvalue weighted by molar-refractivity contribution is 0.344. The van der Waals surface area contributed by atoms with Gasteiger partial charge in [0.1, 0.15) is 11.5 Å². The van der Waals surface area contributed by atoms with Crippen molar-refractivity contribution in [1.82, 2.24) is 4.90 Å². The molecule has 1 aromatic heterocycles. The van der Waals surface area contributed by atoms with Crippen molar-refractivity contribution in [1.29, 1.82) is 0 Å². The second-order valence-corrected chi connectivity index (χ2v) is 3.89. The molecule has 78 valence electrons. The molecular weight excluding hydrogens is 198 g/mol. The number of hydrogen-bond acceptors (Lipinski definition) is 4. The Morgan fingerprint density at radius 1 is 1.50 bits per heavy atom. The zero-order valence-corrected chi connectivity index (χ0v) is 9.25. The summed E-state index contributed by atoms with van der Waals surface area (Å²) >= 11 is 1.38. The summed E-state index contributed by atoms with van der Waals surface area (Å²) in [5.41, 5.74) is 5.11. The van der Waals surface area contributed by atoms with Crippen LogP contribution < -0.4 is 5.73 Å². The number of nitrogens with zero attached hydrogens (tertiary/aromatic N) is 2. The van der Waals surface area contributed by atoms with Crippen LogP contribution in [0.5, 0.6) is 0 Å². The Balaban J connectivity index is 2.42. The maximum Gasteiger partial charge on any atom is 0.118 e. The first-order valence-electron chi connectivity index (χ1n) is 4.30. The van der Waals surface area contributed by atoms with E-state index in [1.54, 1.807) is 0 Å². The van der Waals surface area contributed by atoms with E-state index in [0.29, 0.717) is 0 Å². The summed E-state index contributed by atoms with van der Waals surface area (Å²) in [5.74, 6) is 2.63. The largest absolute Gasteiger partial charge is 0.464 e. The fourth-order valence-corrected chi connectivity index (χ4v) is 1.48. The van der Waals surface area contributed by atoms with Gasteiger partial charge in [0, 0.05) is 0 Å². The highest BCUT2D eigenvalue weighted by Gasteiger charge is 2.02. The van der Waals surface area contributed by atoms with Crippen molar-refractivity contribution >= 4 is 18.3 Å². The molecular formula is C9H15N3OS. The molecule has 0 atom stereocenters. The zero-order chi connectivity index (χ0) is 10.4. The molecule has 1 rings (SSSR count). The van der Waals surface area contributed by atoms with E-state index in [-0.39, 0.29) is 0 Å². The zero-order valence-electron chi connectivity index (χ0n) is 8.43. The molecule has 5 heteroatoms. The van der Waals surface area contributed by atoms with Crippen LogP contribution in [0.3, 0.4) is 0 Å². The van der Waals surface area contributed by atoms with Gasteiger partial charge in [-0.2, -0.15) is 0 Å². The van der Waals surface area contributed by atoms with E-state index >= 15 is 0 Å². The Bertz CT molecular complexity index is 296. The van der Waals surface area contributed by atoms with E-state index in [2.05, 4.69) is 9.30 Å². The van der Waals surface area contributed by atoms with E-state index < -0.39 is 0 Å². The molecule has 0 radical (unpaired) electrons. The molecule has 0 aliphatic heterocycles. The van der Waals surface area contributed by atoms with Crippen molar-refractivity contribution < 1.29 is 4.42 Å². The highest BCUT2D eigenvalue weighted by molar-refractivity contribution is 7.97. The van der Waals surface area contributed by atoms with Gasteiger partial charge in [-0.3, -0.25) is 0 Å². The number of furan rings is 1. The molecule has 0 bridgehead atoms. The minimum absolute atomic E-state index is 0.723. The van der Waals surface area contributed by atoms with Gasteiger partial charge < -0.3 is 15.1 Å². The Morgan fingerprint density at radius 3 is 2.86 bits per heavy atom. The summed E-state index contributed by atoms with van der Waals surface area (Å²) in [5, 5.41) is 0. The molecule has 1 aromatic rings. The molecule has 1 heterocycles. The first-order valence-corrected chi connectivity index (χ1v) is 5.24. The lowest BCUT2D eigenvalue weighted by atomic mass is 10.4. The van der Waals surface area contributed by atoms with Crippen LogP contribution in [0.4, 0.5) is 0 Å². The third-order valence-electron chi connectivity index (χ3n) is 1.53. The van der Waals surface area contributed by atoms with E-state index in [9.17, 15) is 0 Å². The van der Waals surface area contributed by atoms with Gasteiger partial charge in [-0.05, 0) is 38.2 Å². The molecule has 0 aliphatic carbocycles. The van der Waals surface area contributed by atoms with E-state index in [4.69, 9.17) is 10.2 Å². The molecule has 14 heavy (non-hydrogen) atoms. The van der Waals surface area contributed by atoms with Gasteiger partial charge in [-0.1, -0.05) is 0 Å². The standard InChI is InChI=1S/C9H15N3OS/c1-12(2)5-8-3-4-9(13-8)6-14-11-7-10/h3-4,7H,5-6H2,1-2H3,(H2,10,11). The molecule has 0 aliphatic rings. The average Bonchev–Trinajstić information content (AvgIpc) is 2.52. The fraction of sp³-hybridized carbons (Fsp3) is 0.444. The van der Waals surface area contributed by atoms with Gasteiger partial charge in [-0.15, -0.1) is 0 Å². The molecule has 2 N–H and O–H groups in total. The van der Waals surface area contributed by atoms with Gasteiger partial charge in [0.15, 0.2) is 0 Å². The van der Waals surface area contributed by atoms with Crippen LogP contribution in [0, 0.1) is 0 Å². The highest BCUT2D eigenvalue weighted by atomic mass is 32.2. The Labute approximate surface area is 88.3 Å². The van der Waals surface area contributed by atoms with Crippen molar-refractivity contribution in [2.75, 3.05) is 14.1 Å². The second-order valence-electron chi connectivity index (χ2n) is 3.13. The van der Waals surface area contributed by atoms with Crippen LogP contribution >= 0.6 is 11.9 Å². The smallest absolute Gasteiger partial charge is 0.118 e. The van der Waals surface area contributed by atoms with Crippen LogP contribution in [-0.2, 0) is 12.3 Å². The number of nitrogens with two attached hydrogens (primary N) is 1. The van der Waals surface area contributed by atoms with Crippen LogP contribution in [-0.4, -0.2) is 25.3 Å². The molecule has 0 unspecified atom stereocenters. The number of rotatable bonds is 5. The third kappa shape index (κ3) is 3.85. The summed E-state index contributed by atoms with van der Waals surface area (Å²) in [4.78, 5) is 2.06. The molecule has 0 saturated heterocycles. The molecule has 0 amide bonds. The second kappa shape index (κ2) is 5.72. The predicted molar refractivity (Wildman–Crippen MR) is 60.1 cm³/mol. The SMILES string of the molecule is CN(C)Cc1ccc(CSN=CN)o1. The summed E-state index contributed by atoms with van der Waals surface area (Å²) in [7, 11) is 4.02. The van der Waals surface area contributed by atoms with Gasteiger partial charge in [0.2, 0.25) is 0 Å². The van der Waals surface area contributed by atoms with Gasteiger partial charge in [-0.25, -0.2) is 4.40 Å². The third-order valence-corrected chi connectivity index (χ3v) is 2.22. The van der Waals surface area contributed by atoms with Gasteiger partial charge >= 0.3 is 0 Å². The van der Waals surface area contributed by atoms with Crippen molar-refractivity contribution in [2.24, 2.45) is 10.1 Å². The van der Waals surface area contributed by atoms with Gasteiger partial charge in [0.25, 0.3) is 0 Å². The normalized spacial score (nSPS) is 11.6. The lowest BCUT2D eigenvalue weighted by Gasteiger charge is -2.05. The van der Waals surface area contributed by atoms with E-state index in [0.717, 1.165) is 23.8 Å². The first kappa shape index (κ1) is 11.1. The summed E-state index contributed by atoms with van der Waals surface area (Å²) in [6, 6.07) is 3.96.